The van der Waals surface area contributed by atoms with Crippen molar-refractivity contribution < 1.29 is 24.2 Å². The van der Waals surface area contributed by atoms with Gasteiger partial charge in [-0.05, 0) is 73.9 Å². The van der Waals surface area contributed by atoms with Crippen molar-refractivity contribution in [3.8, 4) is 17.6 Å². The van der Waals surface area contributed by atoms with E-state index in [-0.39, 0.29) is 16.6 Å². The van der Waals surface area contributed by atoms with Gasteiger partial charge in [0.25, 0.3) is 5.91 Å². The van der Waals surface area contributed by atoms with Gasteiger partial charge in [0.2, 0.25) is 0 Å². The fourth-order valence-corrected chi connectivity index (χ4v) is 8.82. The molecule has 0 aliphatic heterocycles. The zero-order valence-corrected chi connectivity index (χ0v) is 22.9. The zero-order chi connectivity index (χ0) is 28.3. The quantitative estimate of drug-likeness (QED) is 0.384. The number of ether oxygens (including phenoxy) is 2. The highest BCUT2D eigenvalue weighted by atomic mass is 35.5. The first-order chi connectivity index (χ1) is 19.2. The Balaban J connectivity index is 1.61. The Kier molecular flexibility index (Phi) is 6.07. The van der Waals surface area contributed by atoms with Crippen LogP contribution in [0.2, 0.25) is 5.02 Å². The van der Waals surface area contributed by atoms with E-state index in [1.165, 1.54) is 6.20 Å². The van der Waals surface area contributed by atoms with Crippen LogP contribution in [0, 0.1) is 23.2 Å². The summed E-state index contributed by atoms with van der Waals surface area (Å²) >= 11 is 6.54. The number of nitrogens with one attached hydrogen (secondary N) is 2. The number of rotatable bonds is 7. The third kappa shape index (κ3) is 3.69. The molecule has 9 nitrogen and oxygen atoms in total. The molecule has 4 bridgehead atoms. The van der Waals surface area contributed by atoms with Crippen molar-refractivity contribution in [1.82, 2.24) is 15.5 Å². The normalized spacial score (nSPS) is 29.9. The lowest BCUT2D eigenvalue weighted by Gasteiger charge is -2.69. The molecule has 4 fully saturated rings. The summed E-state index contributed by atoms with van der Waals surface area (Å²) in [5.41, 5.74) is -0.295. The molecule has 4 saturated carbocycles. The number of nitrogens with zero attached hydrogens (tertiary/aromatic N) is 2. The van der Waals surface area contributed by atoms with Gasteiger partial charge < -0.3 is 19.9 Å². The maximum absolute atomic E-state index is 13.5. The first-order valence-corrected chi connectivity index (χ1v) is 13.5. The second-order valence-electron chi connectivity index (χ2n) is 11.5. The standard InChI is InChI=1S/C30H29ClN4O5/c1-39-22-4-3-5-23(40-2)24(22)28-11-17-12-29(15-28,19-7-6-18(14-32)20(31)10-19)25(27(37)38)30(13-17,16-28)34-26(36)21-8-9-33-35-21/h3-10,17,25H,11-13,15-16H2,1-2H3,(H,33,35)(H,34,36)(H,37,38). The molecule has 4 aliphatic rings. The molecule has 1 amide bonds. The molecular formula is C30H29ClN4O5. The summed E-state index contributed by atoms with van der Waals surface area (Å²) in [7, 11) is 3.23. The number of halogens is 1. The summed E-state index contributed by atoms with van der Waals surface area (Å²) in [4.78, 5) is 26.9. The Labute approximate surface area is 236 Å². The van der Waals surface area contributed by atoms with E-state index >= 15 is 0 Å². The average molecular weight is 561 g/mol. The first kappa shape index (κ1) is 26.2. The van der Waals surface area contributed by atoms with Gasteiger partial charge in [-0.15, -0.1) is 0 Å². The number of aliphatic carboxylic acids is 1. The largest absolute Gasteiger partial charge is 0.496 e. The molecule has 5 atom stereocenters. The number of amides is 1. The van der Waals surface area contributed by atoms with E-state index < -0.39 is 34.2 Å². The topological polar surface area (TPSA) is 137 Å². The van der Waals surface area contributed by atoms with Crippen molar-refractivity contribution in [3.63, 3.8) is 0 Å². The van der Waals surface area contributed by atoms with Crippen LogP contribution in [0.15, 0.2) is 48.7 Å². The number of methoxy groups -OCH3 is 2. The van der Waals surface area contributed by atoms with Gasteiger partial charge in [0.05, 0.1) is 36.3 Å². The predicted octanol–water partition coefficient (Wildman–Crippen LogP) is 4.60. The number of benzene rings is 2. The van der Waals surface area contributed by atoms with E-state index in [2.05, 4.69) is 21.6 Å². The lowest BCUT2D eigenvalue weighted by Crippen LogP contribution is -2.75. The Hall–Kier alpha value is -4.03. The van der Waals surface area contributed by atoms with Crippen LogP contribution in [0.25, 0.3) is 0 Å². The molecule has 1 heterocycles. The van der Waals surface area contributed by atoms with Gasteiger partial charge >= 0.3 is 5.97 Å². The second-order valence-corrected chi connectivity index (χ2v) is 11.9. The van der Waals surface area contributed by atoms with Crippen LogP contribution in [0.3, 0.4) is 0 Å². The molecule has 4 aliphatic carbocycles. The molecule has 0 spiro atoms. The molecule has 10 heteroatoms. The average Bonchev–Trinajstić information content (AvgIpc) is 3.47. The monoisotopic (exact) mass is 560 g/mol. The number of hydrogen-bond acceptors (Lipinski definition) is 6. The van der Waals surface area contributed by atoms with E-state index in [0.29, 0.717) is 42.7 Å². The van der Waals surface area contributed by atoms with Crippen molar-refractivity contribution in [1.29, 1.82) is 5.26 Å². The number of hydrogen-bond donors (Lipinski definition) is 3. The minimum Gasteiger partial charge on any atom is -0.496 e. The van der Waals surface area contributed by atoms with Crippen LogP contribution in [0.1, 0.15) is 59.3 Å². The van der Waals surface area contributed by atoms with Crippen LogP contribution in [0.4, 0.5) is 0 Å². The molecule has 0 saturated heterocycles. The van der Waals surface area contributed by atoms with Crippen molar-refractivity contribution in [2.24, 2.45) is 11.8 Å². The van der Waals surface area contributed by atoms with Crippen molar-refractivity contribution >= 4 is 23.5 Å². The van der Waals surface area contributed by atoms with Crippen molar-refractivity contribution in [2.75, 3.05) is 14.2 Å². The van der Waals surface area contributed by atoms with E-state index in [0.717, 1.165) is 17.5 Å². The van der Waals surface area contributed by atoms with Gasteiger partial charge in [0, 0.05) is 22.6 Å². The fourth-order valence-electron chi connectivity index (χ4n) is 8.60. The summed E-state index contributed by atoms with van der Waals surface area (Å²) in [6.45, 7) is 0. The highest BCUT2D eigenvalue weighted by Gasteiger charge is 2.72. The van der Waals surface area contributed by atoms with Gasteiger partial charge in [-0.2, -0.15) is 10.4 Å². The van der Waals surface area contributed by atoms with Gasteiger partial charge in [0.15, 0.2) is 0 Å². The first-order valence-electron chi connectivity index (χ1n) is 13.2. The number of carbonyl (C=O) groups is 2. The Morgan fingerprint density at radius 3 is 2.48 bits per heavy atom. The molecular weight excluding hydrogens is 532 g/mol. The summed E-state index contributed by atoms with van der Waals surface area (Å²) in [5, 5.41) is 30.5. The lowest BCUT2D eigenvalue weighted by atomic mass is 9.35. The molecule has 7 rings (SSSR count). The lowest BCUT2D eigenvalue weighted by molar-refractivity contribution is -0.167. The SMILES string of the molecule is COc1cccc(OC)c1C12CC3CC(NC(=O)c4ccn[nH]4)(C1)C(C(=O)O)C(c1ccc(C#N)c(Cl)c1)(C3)C2. The van der Waals surface area contributed by atoms with Gasteiger partial charge in [-0.1, -0.05) is 23.7 Å². The molecule has 1 aromatic heterocycles. The number of H-pyrrole nitrogens is 1. The fraction of sp³-hybridized carbons (Fsp3) is 0.400. The number of carbonyl (C=O) groups excluding carboxylic acids is 1. The van der Waals surface area contributed by atoms with E-state index in [4.69, 9.17) is 21.1 Å². The molecule has 5 unspecified atom stereocenters. The van der Waals surface area contributed by atoms with Crippen LogP contribution >= 0.6 is 11.6 Å². The van der Waals surface area contributed by atoms with Crippen LogP contribution in [-0.4, -0.2) is 46.9 Å². The second kappa shape index (κ2) is 9.27. The maximum Gasteiger partial charge on any atom is 0.309 e. The number of carboxylic acids is 1. The predicted molar refractivity (Wildman–Crippen MR) is 146 cm³/mol. The number of carboxylic acid groups (broad SMARTS) is 1. The molecule has 2 aromatic carbocycles. The van der Waals surface area contributed by atoms with Gasteiger partial charge in [0.1, 0.15) is 23.3 Å². The van der Waals surface area contributed by atoms with E-state index in [1.54, 1.807) is 32.4 Å². The maximum atomic E-state index is 13.5. The van der Waals surface area contributed by atoms with Crippen LogP contribution < -0.4 is 14.8 Å². The van der Waals surface area contributed by atoms with Crippen molar-refractivity contribution in [2.45, 2.75) is 48.5 Å². The van der Waals surface area contributed by atoms with Gasteiger partial charge in [-0.25, -0.2) is 0 Å². The summed E-state index contributed by atoms with van der Waals surface area (Å²) in [5.74, 6) is -0.898. The minimum absolute atomic E-state index is 0.101. The Morgan fingerprint density at radius 2 is 1.88 bits per heavy atom. The highest BCUT2D eigenvalue weighted by molar-refractivity contribution is 6.31. The molecule has 3 N–H and O–H groups in total. The van der Waals surface area contributed by atoms with E-state index in [9.17, 15) is 20.0 Å². The molecule has 0 radical (unpaired) electrons. The van der Waals surface area contributed by atoms with Crippen LogP contribution in [0.5, 0.6) is 11.5 Å². The summed E-state index contributed by atoms with van der Waals surface area (Å²) < 4.78 is 11.7. The molecule has 3 aromatic rings. The third-order valence-corrected chi connectivity index (χ3v) is 9.69. The van der Waals surface area contributed by atoms with Gasteiger partial charge in [-0.3, -0.25) is 14.7 Å². The third-order valence-electron chi connectivity index (χ3n) is 9.38. The number of aromatic nitrogens is 2. The molecule has 40 heavy (non-hydrogen) atoms. The summed E-state index contributed by atoms with van der Waals surface area (Å²) in [6.07, 6.45) is 4.32. The zero-order valence-electron chi connectivity index (χ0n) is 22.2. The summed E-state index contributed by atoms with van der Waals surface area (Å²) in [6, 6.07) is 14.5. The van der Waals surface area contributed by atoms with E-state index in [1.807, 2.05) is 24.3 Å². The highest BCUT2D eigenvalue weighted by Crippen LogP contribution is 2.71. The number of aromatic amines is 1. The minimum atomic E-state index is -1.08. The Bertz CT molecular complexity index is 1530. The Morgan fingerprint density at radius 1 is 1.12 bits per heavy atom. The smallest absolute Gasteiger partial charge is 0.309 e. The van der Waals surface area contributed by atoms with Crippen LogP contribution in [-0.2, 0) is 15.6 Å². The van der Waals surface area contributed by atoms with Crippen molar-refractivity contribution in [3.05, 3.63) is 76.1 Å². The number of nitriles is 1. The molecule has 206 valence electrons.